The van der Waals surface area contributed by atoms with Crippen molar-refractivity contribution in [1.82, 2.24) is 0 Å². The first-order valence-electron chi connectivity index (χ1n) is 3.70. The van der Waals surface area contributed by atoms with E-state index in [0.717, 1.165) is 13.2 Å². The third-order valence-corrected chi connectivity index (χ3v) is 0.902. The van der Waals surface area contributed by atoms with Crippen LogP contribution in [0.15, 0.2) is 0 Å². The molecule has 0 aromatic rings. The van der Waals surface area contributed by atoms with Gasteiger partial charge in [0, 0.05) is 13.2 Å². The van der Waals surface area contributed by atoms with Gasteiger partial charge in [0.25, 0.3) is 0 Å². The molecule has 13 heavy (non-hydrogen) atoms. The molecule has 88 valence electrons. The molecule has 0 N–H and O–H groups in total. The van der Waals surface area contributed by atoms with E-state index >= 15 is 0 Å². The molecule has 0 aromatic heterocycles. The monoisotopic (exact) mass is 194 g/mol. The maximum atomic E-state index is 5.36. The Labute approximate surface area is 87.9 Å². The third-order valence-electron chi connectivity index (χ3n) is 0.902. The highest BCUT2D eigenvalue weighted by atomic mass is 16.5. The van der Waals surface area contributed by atoms with Crippen LogP contribution in [-0.2, 0) is 4.74 Å². The van der Waals surface area contributed by atoms with Gasteiger partial charge in [0.05, 0.1) is 0 Å². The lowest BCUT2D eigenvalue weighted by atomic mass is 10.2. The maximum absolute atomic E-state index is 5.36. The summed E-state index contributed by atoms with van der Waals surface area (Å²) < 4.78 is 5.36. The molecular formula is C12H34O. The molecule has 0 atom stereocenters. The van der Waals surface area contributed by atoms with Gasteiger partial charge in [-0.15, -0.1) is 0 Å². The van der Waals surface area contributed by atoms with E-state index in [0.29, 0.717) is 11.8 Å². The maximum Gasteiger partial charge on any atom is 0.0489 e. The molecule has 0 heterocycles. The summed E-state index contributed by atoms with van der Waals surface area (Å²) in [7, 11) is 0. The molecule has 0 bridgehead atoms. The number of rotatable bonds is 4. The lowest BCUT2D eigenvalue weighted by molar-refractivity contribution is 0.0886. The largest absolute Gasteiger partial charge is 0.381 e. The Bertz CT molecular complexity index is 50.1. The van der Waals surface area contributed by atoms with Crippen molar-refractivity contribution in [1.29, 1.82) is 0 Å². The van der Waals surface area contributed by atoms with Gasteiger partial charge < -0.3 is 4.74 Å². The molecule has 0 fully saturated rings. The topological polar surface area (TPSA) is 9.23 Å². The first-order valence-corrected chi connectivity index (χ1v) is 3.70. The Morgan fingerprint density at radius 3 is 1.08 bits per heavy atom. The Kier molecular flexibility index (Phi) is 40.3. The second-order valence-electron chi connectivity index (χ2n) is 3.33. The van der Waals surface area contributed by atoms with Crippen molar-refractivity contribution in [2.24, 2.45) is 11.8 Å². The summed E-state index contributed by atoms with van der Waals surface area (Å²) in [5, 5.41) is 0. The lowest BCUT2D eigenvalue weighted by Crippen LogP contribution is -2.06. The van der Waals surface area contributed by atoms with Crippen molar-refractivity contribution < 1.29 is 4.74 Å². The first-order chi connectivity index (χ1) is 4.13. The van der Waals surface area contributed by atoms with E-state index in [1.54, 1.807) is 0 Å². The van der Waals surface area contributed by atoms with Gasteiger partial charge in [-0.3, -0.25) is 0 Å². The summed E-state index contributed by atoms with van der Waals surface area (Å²) in [6.07, 6.45) is 0. The molecule has 0 aliphatic rings. The summed E-state index contributed by atoms with van der Waals surface area (Å²) >= 11 is 0. The molecule has 0 spiro atoms. The highest BCUT2D eigenvalue weighted by Gasteiger charge is 1.95. The van der Waals surface area contributed by atoms with Gasteiger partial charge in [0.1, 0.15) is 0 Å². The van der Waals surface area contributed by atoms with Crippen LogP contribution in [0.2, 0.25) is 0 Å². The van der Waals surface area contributed by atoms with Gasteiger partial charge in [-0.2, -0.15) is 0 Å². The summed E-state index contributed by atoms with van der Waals surface area (Å²) in [4.78, 5) is 0. The van der Waals surface area contributed by atoms with Crippen LogP contribution >= 0.6 is 0 Å². The van der Waals surface area contributed by atoms with Crippen LogP contribution in [0, 0.1) is 11.8 Å². The quantitative estimate of drug-likeness (QED) is 0.621. The van der Waals surface area contributed by atoms with E-state index in [4.69, 9.17) is 4.74 Å². The van der Waals surface area contributed by atoms with Crippen LogP contribution in [0.1, 0.15) is 57.4 Å². The predicted molar refractivity (Wildman–Crippen MR) is 67.4 cm³/mol. The number of hydrogen-bond acceptors (Lipinski definition) is 1. The summed E-state index contributed by atoms with van der Waals surface area (Å²) in [5.41, 5.74) is 0. The molecule has 0 saturated carbocycles. The minimum Gasteiger partial charge on any atom is -0.381 e. The fourth-order valence-corrected chi connectivity index (χ4v) is 0.539. The van der Waals surface area contributed by atoms with Crippen molar-refractivity contribution in [3.05, 3.63) is 0 Å². The zero-order valence-electron chi connectivity index (χ0n) is 6.98. The average Bonchev–Trinajstić information content (AvgIpc) is 1.63. The van der Waals surface area contributed by atoms with Crippen molar-refractivity contribution in [2.45, 2.75) is 57.4 Å². The Morgan fingerprint density at radius 2 is 0.923 bits per heavy atom. The fourth-order valence-electron chi connectivity index (χ4n) is 0.539. The second-order valence-corrected chi connectivity index (χ2v) is 3.33. The van der Waals surface area contributed by atoms with Crippen molar-refractivity contribution in [3.63, 3.8) is 0 Å². The van der Waals surface area contributed by atoms with Gasteiger partial charge in [0.2, 0.25) is 0 Å². The van der Waals surface area contributed by atoms with Crippen molar-refractivity contribution in [2.75, 3.05) is 13.2 Å². The van der Waals surface area contributed by atoms with Gasteiger partial charge in [-0.1, -0.05) is 57.4 Å². The highest BCUT2D eigenvalue weighted by Crippen LogP contribution is 1.96. The van der Waals surface area contributed by atoms with Crippen LogP contribution in [-0.4, -0.2) is 13.2 Å². The van der Waals surface area contributed by atoms with E-state index in [-0.39, 0.29) is 29.7 Å². The Morgan fingerprint density at radius 1 is 0.692 bits per heavy atom. The van der Waals surface area contributed by atoms with E-state index in [9.17, 15) is 0 Å². The van der Waals surface area contributed by atoms with Crippen LogP contribution in [0.4, 0.5) is 0 Å². The average molecular weight is 194 g/mol. The van der Waals surface area contributed by atoms with Gasteiger partial charge in [-0.25, -0.2) is 0 Å². The second kappa shape index (κ2) is 17.9. The molecule has 1 heteroatoms. The molecule has 0 radical (unpaired) electrons. The first kappa shape index (κ1) is 29.3. The molecular weight excluding hydrogens is 160 g/mol. The smallest absolute Gasteiger partial charge is 0.0489 e. The molecule has 0 unspecified atom stereocenters. The molecule has 0 saturated heterocycles. The molecule has 0 aromatic carbocycles. The zero-order valence-corrected chi connectivity index (χ0v) is 6.98. The molecule has 0 amide bonds. The van der Waals surface area contributed by atoms with Gasteiger partial charge in [-0.05, 0) is 11.8 Å². The van der Waals surface area contributed by atoms with Crippen molar-refractivity contribution in [3.8, 4) is 0 Å². The van der Waals surface area contributed by atoms with E-state index in [1.165, 1.54) is 0 Å². The minimum absolute atomic E-state index is 0. The van der Waals surface area contributed by atoms with E-state index in [1.807, 2.05) is 0 Å². The third kappa shape index (κ3) is 33.4. The van der Waals surface area contributed by atoms with Crippen LogP contribution in [0.5, 0.6) is 0 Å². The van der Waals surface area contributed by atoms with Crippen LogP contribution < -0.4 is 0 Å². The fraction of sp³-hybridized carbons (Fsp3) is 1.00. The van der Waals surface area contributed by atoms with Crippen molar-refractivity contribution >= 4 is 0 Å². The standard InChI is InChI=1S/C8H18O.4CH4/c1-7(2)5-9-6-8(3)4;;;;/h7-8H,5-6H2,1-4H3;4*1H4. The Hall–Kier alpha value is -0.0400. The summed E-state index contributed by atoms with van der Waals surface area (Å²) in [5.74, 6) is 1.34. The predicted octanol–water partition coefficient (Wildman–Crippen LogP) is 4.86. The molecule has 1 nitrogen and oxygen atoms in total. The molecule has 0 aliphatic carbocycles. The summed E-state index contributed by atoms with van der Waals surface area (Å²) in [6, 6.07) is 0. The lowest BCUT2D eigenvalue weighted by Gasteiger charge is -2.07. The number of hydrogen-bond donors (Lipinski definition) is 0. The zero-order chi connectivity index (χ0) is 7.28. The highest BCUT2D eigenvalue weighted by molar-refractivity contribution is 4.42. The molecule has 0 rings (SSSR count). The normalized spacial score (nSPS) is 7.85. The van der Waals surface area contributed by atoms with Crippen LogP contribution in [0.3, 0.4) is 0 Å². The SMILES string of the molecule is C.C.C.C.CC(C)COCC(C)C. The molecule has 0 aliphatic heterocycles. The minimum atomic E-state index is 0. The van der Waals surface area contributed by atoms with E-state index in [2.05, 4.69) is 27.7 Å². The summed E-state index contributed by atoms with van der Waals surface area (Å²) in [6.45, 7) is 10.5. The van der Waals surface area contributed by atoms with E-state index < -0.39 is 0 Å². The van der Waals surface area contributed by atoms with Crippen LogP contribution in [0.25, 0.3) is 0 Å². The Balaban J connectivity index is -0.0000000533. The van der Waals surface area contributed by atoms with Gasteiger partial charge in [0.15, 0.2) is 0 Å². The van der Waals surface area contributed by atoms with Gasteiger partial charge >= 0.3 is 0 Å². The number of ether oxygens (including phenoxy) is 1.